The molecule has 170 valence electrons. The number of anilines is 1. The molecule has 0 saturated heterocycles. The Morgan fingerprint density at radius 3 is 2.47 bits per heavy atom. The Morgan fingerprint density at radius 2 is 1.71 bits per heavy atom. The summed E-state index contributed by atoms with van der Waals surface area (Å²) < 4.78 is 0. The molecule has 6 nitrogen and oxygen atoms in total. The van der Waals surface area contributed by atoms with Crippen molar-refractivity contribution in [2.75, 3.05) is 25.0 Å². The summed E-state index contributed by atoms with van der Waals surface area (Å²) in [5.74, 6) is 0.826. The maximum Gasteiger partial charge on any atom is 0.253 e. The van der Waals surface area contributed by atoms with Crippen LogP contribution in [-0.4, -0.2) is 40.9 Å². The molecule has 1 aromatic heterocycles. The molecule has 3 aromatic carbocycles. The van der Waals surface area contributed by atoms with Crippen LogP contribution in [-0.2, 0) is 6.54 Å². The maximum absolute atomic E-state index is 12.9. The molecule has 0 aliphatic heterocycles. The second kappa shape index (κ2) is 10.1. The predicted octanol–water partition coefficient (Wildman–Crippen LogP) is 5.29. The number of amides is 1. The van der Waals surface area contributed by atoms with Crippen molar-refractivity contribution < 1.29 is 4.79 Å². The van der Waals surface area contributed by atoms with E-state index in [1.54, 1.807) is 42.5 Å². The van der Waals surface area contributed by atoms with Gasteiger partial charge in [0.25, 0.3) is 5.91 Å². The van der Waals surface area contributed by atoms with Crippen molar-refractivity contribution in [2.45, 2.75) is 20.4 Å². The first-order valence-electron chi connectivity index (χ1n) is 11.4. The average molecular weight is 450 g/mol. The molecule has 1 heterocycles. The van der Waals surface area contributed by atoms with E-state index in [0.29, 0.717) is 17.7 Å². The van der Waals surface area contributed by atoms with Gasteiger partial charge in [0.15, 0.2) is 0 Å². The van der Waals surface area contributed by atoms with Crippen molar-refractivity contribution in [2.24, 2.45) is 0 Å². The molecule has 1 amide bonds. The largest absolute Gasteiger partial charge is 0.357 e. The molecular weight excluding hydrogens is 422 g/mol. The molecule has 0 fully saturated rings. The number of carbonyl (C=O) groups is 1. The number of aromatic nitrogens is 2. The second-order valence-corrected chi connectivity index (χ2v) is 8.16. The molecule has 4 rings (SSSR count). The summed E-state index contributed by atoms with van der Waals surface area (Å²) in [7, 11) is 1.78. The van der Waals surface area contributed by atoms with E-state index in [0.717, 1.165) is 46.5 Å². The van der Waals surface area contributed by atoms with Crippen LogP contribution in [0.4, 0.5) is 5.82 Å². The zero-order chi connectivity index (χ0) is 24.1. The fourth-order valence-electron chi connectivity index (χ4n) is 4.13. The summed E-state index contributed by atoms with van der Waals surface area (Å²) in [4.78, 5) is 25.8. The van der Waals surface area contributed by atoms with Gasteiger partial charge in [0.05, 0.1) is 17.1 Å². The Balaban J connectivity index is 1.61. The molecule has 0 bridgehead atoms. The first kappa shape index (κ1) is 22.9. The molecular formula is C28H27N5O. The van der Waals surface area contributed by atoms with E-state index in [-0.39, 0.29) is 5.91 Å². The number of hydrogen-bond acceptors (Lipinski definition) is 5. The van der Waals surface area contributed by atoms with Gasteiger partial charge in [-0.1, -0.05) is 30.3 Å². The zero-order valence-electron chi connectivity index (χ0n) is 19.7. The second-order valence-electron chi connectivity index (χ2n) is 8.16. The smallest absolute Gasteiger partial charge is 0.253 e. The lowest BCUT2D eigenvalue weighted by molar-refractivity contribution is 0.0785. The molecule has 0 aliphatic rings. The molecule has 34 heavy (non-hydrogen) atoms. The van der Waals surface area contributed by atoms with E-state index in [2.05, 4.69) is 59.1 Å². The summed E-state index contributed by atoms with van der Waals surface area (Å²) in [5, 5.41) is 10.1. The number of nitrogens with zero attached hydrogens (tertiary/aromatic N) is 5. The third-order valence-corrected chi connectivity index (χ3v) is 5.94. The molecule has 0 atom stereocenters. The molecule has 0 aliphatic carbocycles. The topological polar surface area (TPSA) is 73.1 Å². The highest BCUT2D eigenvalue weighted by Crippen LogP contribution is 2.29. The Hall–Kier alpha value is -4.24. The van der Waals surface area contributed by atoms with Crippen LogP contribution < -0.4 is 4.90 Å². The highest BCUT2D eigenvalue weighted by Gasteiger charge is 2.14. The van der Waals surface area contributed by atoms with Gasteiger partial charge in [-0.15, -0.1) is 0 Å². The normalized spacial score (nSPS) is 10.6. The van der Waals surface area contributed by atoms with Gasteiger partial charge >= 0.3 is 0 Å². The van der Waals surface area contributed by atoms with E-state index in [1.807, 2.05) is 18.2 Å². The lowest BCUT2D eigenvalue weighted by Crippen LogP contribution is -2.26. The molecule has 0 unspecified atom stereocenters. The zero-order valence-corrected chi connectivity index (χ0v) is 19.7. The summed E-state index contributed by atoms with van der Waals surface area (Å²) in [6.45, 7) is 6.46. The van der Waals surface area contributed by atoms with E-state index in [9.17, 15) is 4.79 Å². The average Bonchev–Trinajstić information content (AvgIpc) is 2.89. The Morgan fingerprint density at radius 1 is 0.941 bits per heavy atom. The van der Waals surface area contributed by atoms with Crippen LogP contribution in [0.25, 0.3) is 22.0 Å². The van der Waals surface area contributed by atoms with Gasteiger partial charge in [-0.2, -0.15) is 5.26 Å². The standard InChI is InChI=1S/C28H27N5O/c1-4-33(5-2)27-25-16-23(12-13-26(25)30-19-31-27)22-10-7-9-21(15-22)18-32(3)28(34)24-11-6-8-20(14-24)17-29/h6-16,19H,4-5,18H2,1-3H3. The quantitative estimate of drug-likeness (QED) is 0.383. The van der Waals surface area contributed by atoms with Crippen molar-refractivity contribution in [1.82, 2.24) is 14.9 Å². The minimum Gasteiger partial charge on any atom is -0.357 e. The minimum atomic E-state index is -0.116. The van der Waals surface area contributed by atoms with Gasteiger partial charge in [0.2, 0.25) is 0 Å². The first-order chi connectivity index (χ1) is 16.5. The van der Waals surface area contributed by atoms with Gasteiger partial charge in [-0.25, -0.2) is 9.97 Å². The number of rotatable bonds is 7. The lowest BCUT2D eigenvalue weighted by Gasteiger charge is -2.21. The van der Waals surface area contributed by atoms with Gasteiger partial charge in [0.1, 0.15) is 12.1 Å². The fourth-order valence-corrected chi connectivity index (χ4v) is 4.13. The first-order valence-corrected chi connectivity index (χ1v) is 11.4. The minimum absolute atomic E-state index is 0.116. The van der Waals surface area contributed by atoms with Gasteiger partial charge in [-0.3, -0.25) is 4.79 Å². The predicted molar refractivity (Wildman–Crippen MR) is 135 cm³/mol. The van der Waals surface area contributed by atoms with Crippen LogP contribution in [0.3, 0.4) is 0 Å². The van der Waals surface area contributed by atoms with Crippen molar-refractivity contribution in [3.63, 3.8) is 0 Å². The van der Waals surface area contributed by atoms with Crippen molar-refractivity contribution in [3.05, 3.63) is 89.7 Å². The maximum atomic E-state index is 12.9. The van der Waals surface area contributed by atoms with E-state index in [4.69, 9.17) is 5.26 Å². The fraction of sp³-hybridized carbons (Fsp3) is 0.214. The molecule has 6 heteroatoms. The van der Waals surface area contributed by atoms with Gasteiger partial charge < -0.3 is 9.80 Å². The summed E-state index contributed by atoms with van der Waals surface area (Å²) in [6, 6.07) is 23.3. The van der Waals surface area contributed by atoms with Crippen LogP contribution in [0.1, 0.15) is 35.3 Å². The van der Waals surface area contributed by atoms with Gasteiger partial charge in [-0.05, 0) is 66.9 Å². The highest BCUT2D eigenvalue weighted by atomic mass is 16.2. The molecule has 0 saturated carbocycles. The van der Waals surface area contributed by atoms with Crippen molar-refractivity contribution in [3.8, 4) is 17.2 Å². The summed E-state index contributed by atoms with van der Waals surface area (Å²) >= 11 is 0. The van der Waals surface area contributed by atoms with Crippen LogP contribution >= 0.6 is 0 Å². The summed E-state index contributed by atoms with van der Waals surface area (Å²) in [5.41, 5.74) is 5.08. The Kier molecular flexibility index (Phi) is 6.84. The van der Waals surface area contributed by atoms with Crippen molar-refractivity contribution >= 4 is 22.6 Å². The Labute approximate surface area is 200 Å². The van der Waals surface area contributed by atoms with Crippen LogP contribution in [0.5, 0.6) is 0 Å². The van der Waals surface area contributed by atoms with Gasteiger partial charge in [0, 0.05) is 37.6 Å². The monoisotopic (exact) mass is 449 g/mol. The highest BCUT2D eigenvalue weighted by molar-refractivity contribution is 5.94. The lowest BCUT2D eigenvalue weighted by atomic mass is 10.0. The summed E-state index contributed by atoms with van der Waals surface area (Å²) in [6.07, 6.45) is 1.62. The van der Waals surface area contributed by atoms with Crippen LogP contribution in [0, 0.1) is 11.3 Å². The third kappa shape index (κ3) is 4.74. The number of benzene rings is 3. The molecule has 4 aromatic rings. The SMILES string of the molecule is CCN(CC)c1ncnc2ccc(-c3cccc(CN(C)C(=O)c4cccc(C#N)c4)c3)cc12. The van der Waals surface area contributed by atoms with Crippen LogP contribution in [0.2, 0.25) is 0 Å². The number of hydrogen-bond donors (Lipinski definition) is 0. The molecule has 0 radical (unpaired) electrons. The number of carbonyl (C=O) groups excluding carboxylic acids is 1. The number of nitriles is 1. The Bertz CT molecular complexity index is 1370. The van der Waals surface area contributed by atoms with Crippen molar-refractivity contribution in [1.29, 1.82) is 5.26 Å². The molecule has 0 spiro atoms. The van der Waals surface area contributed by atoms with E-state index >= 15 is 0 Å². The third-order valence-electron chi connectivity index (χ3n) is 5.94. The van der Waals surface area contributed by atoms with Crippen LogP contribution in [0.15, 0.2) is 73.1 Å². The van der Waals surface area contributed by atoms with E-state index < -0.39 is 0 Å². The van der Waals surface area contributed by atoms with E-state index in [1.165, 1.54) is 0 Å². The number of fused-ring (bicyclic) bond motifs is 1. The molecule has 0 N–H and O–H groups in total.